The molecule has 19 heavy (non-hydrogen) atoms. The molecule has 0 amide bonds. The zero-order valence-electron chi connectivity index (χ0n) is 13.4. The van der Waals surface area contributed by atoms with Crippen molar-refractivity contribution in [2.75, 3.05) is 26.7 Å². The Morgan fingerprint density at radius 1 is 1.21 bits per heavy atom. The van der Waals surface area contributed by atoms with E-state index in [2.05, 4.69) is 45.0 Å². The van der Waals surface area contributed by atoms with Crippen molar-refractivity contribution in [3.63, 3.8) is 0 Å². The minimum atomic E-state index is 0.383. The number of nitrogens with one attached hydrogen (secondary N) is 1. The van der Waals surface area contributed by atoms with Crippen molar-refractivity contribution in [2.24, 2.45) is 11.3 Å². The quantitative estimate of drug-likeness (QED) is 0.851. The van der Waals surface area contributed by atoms with Crippen LogP contribution < -0.4 is 5.32 Å². The third-order valence-electron chi connectivity index (χ3n) is 4.87. The molecule has 2 fully saturated rings. The first kappa shape index (κ1) is 15.3. The molecule has 0 aromatic rings. The summed E-state index contributed by atoms with van der Waals surface area (Å²) in [7, 11) is 2.13. The van der Waals surface area contributed by atoms with Gasteiger partial charge in [-0.2, -0.15) is 0 Å². The topological polar surface area (TPSA) is 24.5 Å². The second-order valence-electron chi connectivity index (χ2n) is 7.54. The smallest absolute Gasteiger partial charge is 0.0678 e. The number of rotatable bonds is 3. The summed E-state index contributed by atoms with van der Waals surface area (Å²) in [5, 5.41) is 3.55. The predicted molar refractivity (Wildman–Crippen MR) is 80.4 cm³/mol. The van der Waals surface area contributed by atoms with Crippen LogP contribution >= 0.6 is 0 Å². The molecular weight excluding hydrogens is 236 g/mol. The van der Waals surface area contributed by atoms with Gasteiger partial charge in [-0.25, -0.2) is 0 Å². The Hall–Kier alpha value is -0.120. The number of morpholine rings is 1. The first-order chi connectivity index (χ1) is 8.89. The first-order valence-corrected chi connectivity index (χ1v) is 7.95. The van der Waals surface area contributed by atoms with Crippen LogP contribution in [0.4, 0.5) is 0 Å². The maximum atomic E-state index is 5.84. The van der Waals surface area contributed by atoms with Crippen LogP contribution in [0.1, 0.15) is 47.0 Å². The fourth-order valence-electron chi connectivity index (χ4n) is 4.07. The number of ether oxygens (including phenoxy) is 1. The molecule has 0 spiro atoms. The van der Waals surface area contributed by atoms with E-state index >= 15 is 0 Å². The molecule has 0 radical (unpaired) electrons. The standard InChI is InChI=1S/C16H32N2O/c1-12-9-18(10-13(2)19-12)11-14-8-16(3,4)7-6-15(14)17-5/h12-15,17H,6-11H2,1-5H3. The average molecular weight is 268 g/mol. The van der Waals surface area contributed by atoms with E-state index in [9.17, 15) is 0 Å². The van der Waals surface area contributed by atoms with Gasteiger partial charge in [0.25, 0.3) is 0 Å². The van der Waals surface area contributed by atoms with Crippen LogP contribution in [0.25, 0.3) is 0 Å². The van der Waals surface area contributed by atoms with Crippen molar-refractivity contribution < 1.29 is 4.74 Å². The van der Waals surface area contributed by atoms with E-state index in [4.69, 9.17) is 4.74 Å². The van der Waals surface area contributed by atoms with Crippen molar-refractivity contribution in [1.82, 2.24) is 10.2 Å². The van der Waals surface area contributed by atoms with E-state index in [0.717, 1.165) is 19.0 Å². The van der Waals surface area contributed by atoms with Crippen molar-refractivity contribution in [3.05, 3.63) is 0 Å². The van der Waals surface area contributed by atoms with Crippen LogP contribution in [0.3, 0.4) is 0 Å². The van der Waals surface area contributed by atoms with E-state index < -0.39 is 0 Å². The van der Waals surface area contributed by atoms with Crippen molar-refractivity contribution in [3.8, 4) is 0 Å². The lowest BCUT2D eigenvalue weighted by Crippen LogP contribution is -2.51. The molecule has 1 saturated heterocycles. The highest BCUT2D eigenvalue weighted by Crippen LogP contribution is 2.39. The highest BCUT2D eigenvalue weighted by molar-refractivity contribution is 4.90. The summed E-state index contributed by atoms with van der Waals surface area (Å²) in [6.45, 7) is 12.7. The Balaban J connectivity index is 1.94. The van der Waals surface area contributed by atoms with Gasteiger partial charge in [0, 0.05) is 25.7 Å². The minimum Gasteiger partial charge on any atom is -0.373 e. The second-order valence-corrected chi connectivity index (χ2v) is 7.54. The summed E-state index contributed by atoms with van der Waals surface area (Å²) in [4.78, 5) is 2.62. The molecule has 3 nitrogen and oxygen atoms in total. The minimum absolute atomic E-state index is 0.383. The van der Waals surface area contributed by atoms with Gasteiger partial charge < -0.3 is 10.1 Å². The molecule has 2 aliphatic rings. The second kappa shape index (κ2) is 6.11. The van der Waals surface area contributed by atoms with E-state index in [0.29, 0.717) is 23.7 Å². The summed E-state index contributed by atoms with van der Waals surface area (Å²) in [6.07, 6.45) is 4.79. The largest absolute Gasteiger partial charge is 0.373 e. The molecule has 0 aromatic carbocycles. The van der Waals surface area contributed by atoms with Gasteiger partial charge in [-0.15, -0.1) is 0 Å². The molecule has 4 unspecified atom stereocenters. The molecule has 0 aromatic heterocycles. The molecule has 1 saturated carbocycles. The van der Waals surface area contributed by atoms with Crippen molar-refractivity contribution in [1.29, 1.82) is 0 Å². The van der Waals surface area contributed by atoms with Gasteiger partial charge >= 0.3 is 0 Å². The lowest BCUT2D eigenvalue weighted by atomic mass is 9.69. The Morgan fingerprint density at radius 3 is 2.42 bits per heavy atom. The predicted octanol–water partition coefficient (Wildman–Crippen LogP) is 2.51. The third-order valence-corrected chi connectivity index (χ3v) is 4.87. The molecule has 1 aliphatic heterocycles. The van der Waals surface area contributed by atoms with Gasteiger partial charge in [-0.1, -0.05) is 13.8 Å². The Kier molecular flexibility index (Phi) is 4.91. The molecule has 0 bridgehead atoms. The highest BCUT2D eigenvalue weighted by Gasteiger charge is 2.36. The summed E-state index contributed by atoms with van der Waals surface area (Å²) in [5.74, 6) is 0.784. The van der Waals surface area contributed by atoms with Gasteiger partial charge in [-0.3, -0.25) is 4.90 Å². The molecular formula is C16H32N2O. The fourth-order valence-corrected chi connectivity index (χ4v) is 4.07. The van der Waals surface area contributed by atoms with E-state index in [-0.39, 0.29) is 0 Å². The SMILES string of the molecule is CNC1CCC(C)(C)CC1CN1CC(C)OC(C)C1. The average Bonchev–Trinajstić information content (AvgIpc) is 2.26. The molecule has 3 heteroatoms. The summed E-state index contributed by atoms with van der Waals surface area (Å²) in [6, 6.07) is 0.696. The monoisotopic (exact) mass is 268 g/mol. The lowest BCUT2D eigenvalue weighted by molar-refractivity contribution is -0.0754. The van der Waals surface area contributed by atoms with Gasteiger partial charge in [0.2, 0.25) is 0 Å². The lowest BCUT2D eigenvalue weighted by Gasteiger charge is -2.44. The Bertz CT molecular complexity index is 282. The zero-order valence-corrected chi connectivity index (χ0v) is 13.4. The van der Waals surface area contributed by atoms with Crippen LogP contribution in [0.5, 0.6) is 0 Å². The molecule has 2 rings (SSSR count). The number of nitrogens with zero attached hydrogens (tertiary/aromatic N) is 1. The maximum absolute atomic E-state index is 5.84. The molecule has 1 aliphatic carbocycles. The van der Waals surface area contributed by atoms with Crippen LogP contribution in [0.15, 0.2) is 0 Å². The van der Waals surface area contributed by atoms with Gasteiger partial charge in [-0.05, 0) is 51.5 Å². The molecule has 1 N–H and O–H groups in total. The van der Waals surface area contributed by atoms with Crippen LogP contribution in [-0.2, 0) is 4.74 Å². The fraction of sp³-hybridized carbons (Fsp3) is 1.00. The van der Waals surface area contributed by atoms with Crippen molar-refractivity contribution in [2.45, 2.75) is 65.2 Å². The molecule has 112 valence electrons. The van der Waals surface area contributed by atoms with Gasteiger partial charge in [0.15, 0.2) is 0 Å². The molecule has 4 atom stereocenters. The maximum Gasteiger partial charge on any atom is 0.0678 e. The Labute approximate surface area is 119 Å². The van der Waals surface area contributed by atoms with Crippen LogP contribution in [-0.4, -0.2) is 49.8 Å². The van der Waals surface area contributed by atoms with Crippen LogP contribution in [0.2, 0.25) is 0 Å². The number of hydrogen-bond acceptors (Lipinski definition) is 3. The summed E-state index contributed by atoms with van der Waals surface area (Å²) >= 11 is 0. The van der Waals surface area contributed by atoms with Gasteiger partial charge in [0.1, 0.15) is 0 Å². The third kappa shape index (κ3) is 4.17. The molecule has 1 heterocycles. The van der Waals surface area contributed by atoms with Gasteiger partial charge in [0.05, 0.1) is 12.2 Å². The normalized spacial score (nSPS) is 40.3. The highest BCUT2D eigenvalue weighted by atomic mass is 16.5. The summed E-state index contributed by atoms with van der Waals surface area (Å²) < 4.78 is 5.84. The first-order valence-electron chi connectivity index (χ1n) is 7.95. The van der Waals surface area contributed by atoms with E-state index in [1.807, 2.05) is 0 Å². The van der Waals surface area contributed by atoms with E-state index in [1.54, 1.807) is 0 Å². The number of hydrogen-bond donors (Lipinski definition) is 1. The van der Waals surface area contributed by atoms with E-state index in [1.165, 1.54) is 25.8 Å². The zero-order chi connectivity index (χ0) is 14.0. The summed E-state index contributed by atoms with van der Waals surface area (Å²) in [5.41, 5.74) is 0.515. The van der Waals surface area contributed by atoms with Crippen LogP contribution in [0, 0.1) is 11.3 Å². The Morgan fingerprint density at radius 2 is 1.84 bits per heavy atom. The van der Waals surface area contributed by atoms with Crippen molar-refractivity contribution >= 4 is 0 Å².